The van der Waals surface area contributed by atoms with Gasteiger partial charge < -0.3 is 5.32 Å². The molecule has 1 aromatic heterocycles. The molecule has 0 aliphatic carbocycles. The maximum Gasteiger partial charge on any atom is 0.391 e. The van der Waals surface area contributed by atoms with Crippen molar-refractivity contribution in [2.45, 2.75) is 37.5 Å². The van der Waals surface area contributed by atoms with Crippen LogP contribution in [0, 0.1) is 0 Å². The van der Waals surface area contributed by atoms with Gasteiger partial charge in [0.15, 0.2) is 0 Å². The lowest BCUT2D eigenvalue weighted by Crippen LogP contribution is -2.54. The number of aromatic nitrogens is 2. The molecule has 4 amide bonds. The molecule has 0 bridgehead atoms. The van der Waals surface area contributed by atoms with Gasteiger partial charge in [0.2, 0.25) is 11.8 Å². The number of fused-ring (bicyclic) bond motifs is 1. The number of anilines is 1. The number of amides is 4. The summed E-state index contributed by atoms with van der Waals surface area (Å²) in [6.45, 7) is 0. The van der Waals surface area contributed by atoms with Crippen molar-refractivity contribution in [3.05, 3.63) is 47.3 Å². The minimum atomic E-state index is -4.51. The molecule has 0 radical (unpaired) electrons. The number of nitrogens with one attached hydrogen (secondary N) is 3. The molecule has 2 aliphatic rings. The van der Waals surface area contributed by atoms with Crippen LogP contribution in [0.4, 0.5) is 18.9 Å². The fourth-order valence-corrected chi connectivity index (χ4v) is 3.76. The van der Waals surface area contributed by atoms with Gasteiger partial charge in [-0.2, -0.15) is 18.3 Å². The molecule has 0 spiro atoms. The molecule has 2 unspecified atom stereocenters. The number of H-pyrrole nitrogens is 1. The lowest BCUT2D eigenvalue weighted by Gasteiger charge is -2.28. The molecule has 9 nitrogen and oxygen atoms in total. The Morgan fingerprint density at radius 3 is 2.61 bits per heavy atom. The summed E-state index contributed by atoms with van der Waals surface area (Å²) in [7, 11) is 0. The third-order valence-electron chi connectivity index (χ3n) is 5.16. The summed E-state index contributed by atoms with van der Waals surface area (Å²) in [6, 6.07) is 1.75. The fourth-order valence-electron chi connectivity index (χ4n) is 3.76. The largest absolute Gasteiger partial charge is 0.391 e. The Labute approximate surface area is 173 Å². The highest BCUT2D eigenvalue weighted by Crippen LogP contribution is 2.36. The maximum atomic E-state index is 13.1. The minimum Gasteiger partial charge on any atom is -0.377 e. The van der Waals surface area contributed by atoms with E-state index in [0.717, 1.165) is 4.90 Å². The number of hydrogen-bond donors (Lipinski definition) is 3. The number of rotatable bonds is 5. The first-order chi connectivity index (χ1) is 14.7. The Hall–Kier alpha value is -3.70. The Morgan fingerprint density at radius 1 is 1.19 bits per heavy atom. The van der Waals surface area contributed by atoms with Crippen LogP contribution in [0.1, 0.15) is 51.6 Å². The Kier molecular flexibility index (Phi) is 4.99. The molecule has 2 aliphatic heterocycles. The van der Waals surface area contributed by atoms with E-state index in [4.69, 9.17) is 0 Å². The van der Waals surface area contributed by atoms with E-state index >= 15 is 0 Å². The molecule has 1 saturated heterocycles. The van der Waals surface area contributed by atoms with Gasteiger partial charge in [0.25, 0.3) is 11.8 Å². The van der Waals surface area contributed by atoms with Crippen molar-refractivity contribution in [1.29, 1.82) is 0 Å². The topological polar surface area (TPSA) is 124 Å². The number of hydrogen-bond acceptors (Lipinski definition) is 6. The molecule has 12 heteroatoms. The van der Waals surface area contributed by atoms with Gasteiger partial charge in [0, 0.05) is 23.9 Å². The summed E-state index contributed by atoms with van der Waals surface area (Å²) >= 11 is 0. The van der Waals surface area contributed by atoms with Gasteiger partial charge in [-0.15, -0.1) is 0 Å². The molecule has 4 rings (SSSR count). The highest BCUT2D eigenvalue weighted by Gasteiger charge is 2.46. The van der Waals surface area contributed by atoms with Crippen LogP contribution in [0.25, 0.3) is 0 Å². The highest BCUT2D eigenvalue weighted by atomic mass is 19.4. The van der Waals surface area contributed by atoms with Crippen LogP contribution in [0.2, 0.25) is 0 Å². The average Bonchev–Trinajstić information content (AvgIpc) is 3.30. The van der Waals surface area contributed by atoms with Gasteiger partial charge >= 0.3 is 6.18 Å². The SMILES string of the molecule is O=C1CCC(N2C(=O)c3cccc(NC(CC(F)(F)F)c4cn[nH]c4)c3C2=O)C(=O)N1. The molecule has 31 heavy (non-hydrogen) atoms. The fraction of sp³-hybridized carbons (Fsp3) is 0.316. The summed E-state index contributed by atoms with van der Waals surface area (Å²) in [5, 5.41) is 10.9. The molecule has 0 saturated carbocycles. The lowest BCUT2D eigenvalue weighted by atomic mass is 10.0. The van der Waals surface area contributed by atoms with Crippen LogP contribution in [0.15, 0.2) is 30.6 Å². The van der Waals surface area contributed by atoms with Crippen LogP contribution >= 0.6 is 0 Å². The van der Waals surface area contributed by atoms with E-state index in [2.05, 4.69) is 20.8 Å². The van der Waals surface area contributed by atoms with Crippen molar-refractivity contribution >= 4 is 29.3 Å². The van der Waals surface area contributed by atoms with Crippen molar-refractivity contribution < 1.29 is 32.3 Å². The lowest BCUT2D eigenvalue weighted by molar-refractivity contribution is -0.138. The zero-order valence-corrected chi connectivity index (χ0v) is 15.8. The van der Waals surface area contributed by atoms with Crippen molar-refractivity contribution in [1.82, 2.24) is 20.4 Å². The van der Waals surface area contributed by atoms with Crippen LogP contribution < -0.4 is 10.6 Å². The van der Waals surface area contributed by atoms with E-state index in [9.17, 15) is 32.3 Å². The average molecular weight is 435 g/mol. The van der Waals surface area contributed by atoms with Gasteiger partial charge in [-0.25, -0.2) is 0 Å². The van der Waals surface area contributed by atoms with E-state index in [-0.39, 0.29) is 35.2 Å². The number of piperidine rings is 1. The van der Waals surface area contributed by atoms with Gasteiger partial charge in [-0.05, 0) is 18.6 Å². The number of carbonyl (C=O) groups excluding carboxylic acids is 4. The van der Waals surface area contributed by atoms with Crippen LogP contribution in [-0.4, -0.2) is 50.9 Å². The van der Waals surface area contributed by atoms with E-state index in [1.165, 1.54) is 30.6 Å². The first-order valence-electron chi connectivity index (χ1n) is 9.32. The van der Waals surface area contributed by atoms with E-state index in [0.29, 0.717) is 0 Å². The van der Waals surface area contributed by atoms with Crippen molar-refractivity contribution in [3.8, 4) is 0 Å². The molecule has 1 fully saturated rings. The Balaban J connectivity index is 1.67. The summed E-state index contributed by atoms with van der Waals surface area (Å²) in [4.78, 5) is 50.2. The summed E-state index contributed by atoms with van der Waals surface area (Å²) in [5.74, 6) is -2.83. The standard InChI is InChI=1S/C19H16F3N5O4/c20-19(21,22)6-12(9-7-23-24-8-9)25-11-3-1-2-10-15(11)18(31)27(17(10)30)13-4-5-14(28)26-16(13)29/h1-3,7-8,12-13,25H,4-6H2,(H,23,24)(H,26,28,29). The number of aromatic amines is 1. The Bertz CT molecular complexity index is 1070. The smallest absolute Gasteiger partial charge is 0.377 e. The van der Waals surface area contributed by atoms with Gasteiger partial charge in [-0.3, -0.25) is 34.5 Å². The number of benzene rings is 1. The number of halogens is 3. The first kappa shape index (κ1) is 20.6. The number of nitrogens with zero attached hydrogens (tertiary/aromatic N) is 2. The van der Waals surface area contributed by atoms with Gasteiger partial charge in [-0.1, -0.05) is 6.07 Å². The summed E-state index contributed by atoms with van der Waals surface area (Å²) in [5.41, 5.74) is 0.0975. The summed E-state index contributed by atoms with van der Waals surface area (Å²) in [6.07, 6.45) is -3.28. The van der Waals surface area contributed by atoms with E-state index < -0.39 is 48.3 Å². The zero-order chi connectivity index (χ0) is 22.3. The molecule has 3 heterocycles. The summed E-state index contributed by atoms with van der Waals surface area (Å²) < 4.78 is 39.4. The van der Waals surface area contributed by atoms with Crippen LogP contribution in [-0.2, 0) is 9.59 Å². The first-order valence-corrected chi connectivity index (χ1v) is 9.32. The predicted octanol–water partition coefficient (Wildman–Crippen LogP) is 1.92. The molecule has 3 N–H and O–H groups in total. The van der Waals surface area contributed by atoms with Crippen molar-refractivity contribution in [2.75, 3.05) is 5.32 Å². The molecule has 162 valence electrons. The third kappa shape index (κ3) is 3.88. The maximum absolute atomic E-state index is 13.1. The van der Waals surface area contributed by atoms with Crippen LogP contribution in [0.3, 0.4) is 0 Å². The second-order valence-corrected chi connectivity index (χ2v) is 7.22. The molecule has 2 aromatic rings. The molecular weight excluding hydrogens is 419 g/mol. The van der Waals surface area contributed by atoms with Gasteiger partial charge in [0.1, 0.15) is 6.04 Å². The van der Waals surface area contributed by atoms with E-state index in [1.807, 2.05) is 0 Å². The molecular formula is C19H16F3N5O4. The van der Waals surface area contributed by atoms with E-state index in [1.54, 1.807) is 0 Å². The van der Waals surface area contributed by atoms with Crippen LogP contribution in [0.5, 0.6) is 0 Å². The molecule has 2 atom stereocenters. The molecule has 1 aromatic carbocycles. The second kappa shape index (κ2) is 7.52. The highest BCUT2D eigenvalue weighted by molar-refractivity contribution is 6.25. The Morgan fingerprint density at radius 2 is 1.97 bits per heavy atom. The number of alkyl halides is 3. The monoisotopic (exact) mass is 435 g/mol. The van der Waals surface area contributed by atoms with Crippen molar-refractivity contribution in [2.24, 2.45) is 0 Å². The second-order valence-electron chi connectivity index (χ2n) is 7.22. The third-order valence-corrected chi connectivity index (χ3v) is 5.16. The quantitative estimate of drug-likeness (QED) is 0.617. The number of imide groups is 2. The normalized spacial score (nSPS) is 20.0. The predicted molar refractivity (Wildman–Crippen MR) is 98.7 cm³/mol. The zero-order valence-electron chi connectivity index (χ0n) is 15.8. The van der Waals surface area contributed by atoms with Gasteiger partial charge in [0.05, 0.1) is 29.8 Å². The minimum absolute atomic E-state index is 0.0232. The van der Waals surface area contributed by atoms with Crippen molar-refractivity contribution in [3.63, 3.8) is 0 Å². The number of carbonyl (C=O) groups is 4.